The van der Waals surface area contributed by atoms with Gasteiger partial charge in [0, 0.05) is 30.2 Å². The minimum atomic E-state index is 0.394. The molecule has 3 aliphatic rings. The Morgan fingerprint density at radius 1 is 1.33 bits per heavy atom. The van der Waals surface area contributed by atoms with E-state index in [9.17, 15) is 0 Å². The highest BCUT2D eigenvalue weighted by Crippen LogP contribution is 2.55. The van der Waals surface area contributed by atoms with E-state index in [1.807, 2.05) is 0 Å². The van der Waals surface area contributed by atoms with Gasteiger partial charge in [-0.15, -0.1) is 0 Å². The number of anilines is 1. The summed E-state index contributed by atoms with van der Waals surface area (Å²) < 4.78 is 11.6. The monoisotopic (exact) mass is 287 g/mol. The van der Waals surface area contributed by atoms with E-state index in [-0.39, 0.29) is 0 Å². The number of fused-ring (bicyclic) bond motifs is 1. The summed E-state index contributed by atoms with van der Waals surface area (Å²) in [5.74, 6) is 1.07. The first-order valence-corrected chi connectivity index (χ1v) is 8.46. The summed E-state index contributed by atoms with van der Waals surface area (Å²) in [4.78, 5) is 0. The molecule has 1 aliphatic heterocycles. The van der Waals surface area contributed by atoms with Crippen molar-refractivity contribution in [3.05, 3.63) is 23.8 Å². The molecule has 1 spiro atoms. The summed E-state index contributed by atoms with van der Waals surface area (Å²) in [5, 5.41) is 3.79. The summed E-state index contributed by atoms with van der Waals surface area (Å²) in [5.41, 5.74) is 3.00. The third-order valence-electron chi connectivity index (χ3n) is 5.72. The first kappa shape index (κ1) is 13.4. The van der Waals surface area contributed by atoms with Crippen molar-refractivity contribution in [1.82, 2.24) is 0 Å². The fourth-order valence-electron chi connectivity index (χ4n) is 4.57. The minimum Gasteiger partial charge on any atom is -0.493 e. The molecule has 21 heavy (non-hydrogen) atoms. The predicted molar refractivity (Wildman–Crippen MR) is 84.0 cm³/mol. The van der Waals surface area contributed by atoms with E-state index in [0.717, 1.165) is 31.8 Å². The zero-order valence-electron chi connectivity index (χ0n) is 12.9. The molecule has 1 N–H and O–H groups in total. The Morgan fingerprint density at radius 3 is 3.00 bits per heavy atom. The van der Waals surface area contributed by atoms with Gasteiger partial charge in [0.1, 0.15) is 5.75 Å². The standard InChI is InChI=1S/C18H25NO2/c1-2-20-17-12-16(18(17)8-3-4-9-18)19-14-5-6-15-13(11-14)7-10-21-15/h5-6,11,16-17,19H,2-4,7-10,12H2,1H3. The number of nitrogens with one attached hydrogen (secondary N) is 1. The average molecular weight is 287 g/mol. The van der Waals surface area contributed by atoms with Gasteiger partial charge in [-0.3, -0.25) is 0 Å². The molecule has 114 valence electrons. The zero-order chi connectivity index (χ0) is 14.3. The Labute approximate surface area is 127 Å². The molecule has 1 aromatic carbocycles. The minimum absolute atomic E-state index is 0.394. The van der Waals surface area contributed by atoms with E-state index >= 15 is 0 Å². The highest BCUT2D eigenvalue weighted by Gasteiger charge is 2.56. The Kier molecular flexibility index (Phi) is 3.33. The second-order valence-corrected chi connectivity index (χ2v) is 6.74. The van der Waals surface area contributed by atoms with Crippen molar-refractivity contribution >= 4 is 5.69 Å². The van der Waals surface area contributed by atoms with Crippen LogP contribution < -0.4 is 10.1 Å². The lowest BCUT2D eigenvalue weighted by Crippen LogP contribution is -2.60. The maximum atomic E-state index is 6.00. The highest BCUT2D eigenvalue weighted by molar-refractivity contribution is 5.53. The Balaban J connectivity index is 1.49. The van der Waals surface area contributed by atoms with Gasteiger partial charge in [0.15, 0.2) is 0 Å². The summed E-state index contributed by atoms with van der Waals surface area (Å²) in [6.07, 6.45) is 8.04. The summed E-state index contributed by atoms with van der Waals surface area (Å²) in [6, 6.07) is 7.14. The fraction of sp³-hybridized carbons (Fsp3) is 0.667. The number of benzene rings is 1. The van der Waals surface area contributed by atoms with Gasteiger partial charge < -0.3 is 14.8 Å². The molecule has 0 aromatic heterocycles. The highest BCUT2D eigenvalue weighted by atomic mass is 16.5. The molecule has 4 rings (SSSR count). The molecule has 2 unspecified atom stereocenters. The number of hydrogen-bond acceptors (Lipinski definition) is 3. The van der Waals surface area contributed by atoms with E-state index in [2.05, 4.69) is 30.4 Å². The van der Waals surface area contributed by atoms with Crippen LogP contribution in [0.5, 0.6) is 5.75 Å². The summed E-state index contributed by atoms with van der Waals surface area (Å²) in [7, 11) is 0. The molecule has 0 radical (unpaired) electrons. The molecule has 1 heterocycles. The molecule has 3 nitrogen and oxygen atoms in total. The van der Waals surface area contributed by atoms with Crippen LogP contribution in [0.4, 0.5) is 5.69 Å². The van der Waals surface area contributed by atoms with E-state index in [1.165, 1.54) is 36.9 Å². The molecule has 0 bridgehead atoms. The number of hydrogen-bond donors (Lipinski definition) is 1. The second-order valence-electron chi connectivity index (χ2n) is 6.74. The predicted octanol–water partition coefficient (Wildman–Crippen LogP) is 3.77. The van der Waals surface area contributed by atoms with Gasteiger partial charge in [-0.2, -0.15) is 0 Å². The van der Waals surface area contributed by atoms with Crippen LogP contribution in [-0.4, -0.2) is 25.4 Å². The zero-order valence-corrected chi connectivity index (χ0v) is 12.9. The molecular formula is C18H25NO2. The van der Waals surface area contributed by atoms with Gasteiger partial charge in [0.05, 0.1) is 12.7 Å². The van der Waals surface area contributed by atoms with Crippen LogP contribution in [0.15, 0.2) is 18.2 Å². The maximum Gasteiger partial charge on any atom is 0.122 e. The van der Waals surface area contributed by atoms with Crippen molar-refractivity contribution in [3.63, 3.8) is 0 Å². The first-order chi connectivity index (χ1) is 10.3. The van der Waals surface area contributed by atoms with E-state index in [4.69, 9.17) is 9.47 Å². The molecule has 2 fully saturated rings. The van der Waals surface area contributed by atoms with E-state index in [0.29, 0.717) is 17.6 Å². The lowest BCUT2D eigenvalue weighted by atomic mass is 9.60. The number of rotatable bonds is 4. The van der Waals surface area contributed by atoms with Gasteiger partial charge >= 0.3 is 0 Å². The van der Waals surface area contributed by atoms with Gasteiger partial charge in [-0.05, 0) is 49.9 Å². The molecule has 3 heteroatoms. The second kappa shape index (κ2) is 5.20. The maximum absolute atomic E-state index is 6.00. The SMILES string of the molecule is CCOC1CC(Nc2ccc3c(c2)CCO3)C12CCCC2. The van der Waals surface area contributed by atoms with Gasteiger partial charge in [-0.1, -0.05) is 12.8 Å². The van der Waals surface area contributed by atoms with Crippen molar-refractivity contribution in [1.29, 1.82) is 0 Å². The molecular weight excluding hydrogens is 262 g/mol. The molecule has 2 saturated carbocycles. The van der Waals surface area contributed by atoms with E-state index in [1.54, 1.807) is 0 Å². The van der Waals surface area contributed by atoms with Gasteiger partial charge in [0.25, 0.3) is 0 Å². The fourth-order valence-corrected chi connectivity index (χ4v) is 4.57. The van der Waals surface area contributed by atoms with Crippen LogP contribution in [0.25, 0.3) is 0 Å². The molecule has 0 saturated heterocycles. The van der Waals surface area contributed by atoms with Crippen molar-refractivity contribution in [2.24, 2.45) is 5.41 Å². The Hall–Kier alpha value is -1.22. The molecule has 2 aliphatic carbocycles. The van der Waals surface area contributed by atoms with Crippen LogP contribution in [0.1, 0.15) is 44.6 Å². The largest absolute Gasteiger partial charge is 0.493 e. The lowest BCUT2D eigenvalue weighted by Gasteiger charge is -2.54. The third kappa shape index (κ3) is 2.13. The summed E-state index contributed by atoms with van der Waals surface area (Å²) in [6.45, 7) is 3.79. The van der Waals surface area contributed by atoms with Gasteiger partial charge in [0.2, 0.25) is 0 Å². The van der Waals surface area contributed by atoms with Crippen molar-refractivity contribution in [2.45, 2.75) is 57.6 Å². The summed E-state index contributed by atoms with van der Waals surface area (Å²) >= 11 is 0. The van der Waals surface area contributed by atoms with Crippen molar-refractivity contribution in [3.8, 4) is 5.75 Å². The normalized spacial score (nSPS) is 29.0. The van der Waals surface area contributed by atoms with Crippen LogP contribution in [-0.2, 0) is 11.2 Å². The van der Waals surface area contributed by atoms with Crippen LogP contribution in [0, 0.1) is 5.41 Å². The smallest absolute Gasteiger partial charge is 0.122 e. The Morgan fingerprint density at radius 2 is 2.19 bits per heavy atom. The van der Waals surface area contributed by atoms with Crippen LogP contribution >= 0.6 is 0 Å². The Bertz CT molecular complexity index is 522. The number of ether oxygens (including phenoxy) is 2. The van der Waals surface area contributed by atoms with Crippen molar-refractivity contribution < 1.29 is 9.47 Å². The third-order valence-corrected chi connectivity index (χ3v) is 5.72. The van der Waals surface area contributed by atoms with Crippen LogP contribution in [0.3, 0.4) is 0 Å². The lowest BCUT2D eigenvalue weighted by molar-refractivity contribution is -0.114. The van der Waals surface area contributed by atoms with E-state index < -0.39 is 0 Å². The molecule has 2 atom stereocenters. The van der Waals surface area contributed by atoms with Crippen molar-refractivity contribution in [2.75, 3.05) is 18.5 Å². The van der Waals surface area contributed by atoms with Gasteiger partial charge in [-0.25, -0.2) is 0 Å². The quantitative estimate of drug-likeness (QED) is 0.914. The average Bonchev–Trinajstić information content (AvgIpc) is 3.16. The van der Waals surface area contributed by atoms with Crippen LogP contribution in [0.2, 0.25) is 0 Å². The molecule has 1 aromatic rings. The molecule has 0 amide bonds. The first-order valence-electron chi connectivity index (χ1n) is 8.46. The topological polar surface area (TPSA) is 30.5 Å².